The summed E-state index contributed by atoms with van der Waals surface area (Å²) in [4.78, 5) is 13.0. The highest BCUT2D eigenvalue weighted by molar-refractivity contribution is 5.76. The Labute approximate surface area is 338 Å². The standard InChI is InChI=1S/C43H71NO13/c1-3-5-7-9-11-13-14-15-16-17-18-19-21-23-25-27-35(48)44-31(32(47)26-24-22-20-12-10-8-6-4-2)30-54-42-40(53)38(51)41(34(29-46)56-42)57-43-39(52)37(50)36(49)33(28-45)55-43/h5,7,10-13,15-16,18-19,24,26,31-34,36-43,45-47,49-53H,3-4,6,8-9,14,17,20-23,25,27-30H2,1-2H3,(H,44,48)/b7-5-,12-10+,13-11-,16-15-,19-18-,26-24+. The minimum absolute atomic E-state index is 0.216. The van der Waals surface area contributed by atoms with E-state index in [9.17, 15) is 45.6 Å². The molecular formula is C43H71NO13. The van der Waals surface area contributed by atoms with E-state index in [1.807, 2.05) is 6.08 Å². The highest BCUT2D eigenvalue weighted by atomic mass is 16.7. The summed E-state index contributed by atoms with van der Waals surface area (Å²) >= 11 is 0. The van der Waals surface area contributed by atoms with Crippen molar-refractivity contribution in [3.05, 3.63) is 72.9 Å². The van der Waals surface area contributed by atoms with Crippen molar-refractivity contribution in [3.63, 3.8) is 0 Å². The lowest BCUT2D eigenvalue weighted by Crippen LogP contribution is -2.65. The monoisotopic (exact) mass is 809 g/mol. The summed E-state index contributed by atoms with van der Waals surface area (Å²) in [5.41, 5.74) is 0. The summed E-state index contributed by atoms with van der Waals surface area (Å²) in [7, 11) is 0. The zero-order valence-corrected chi connectivity index (χ0v) is 33.8. The van der Waals surface area contributed by atoms with E-state index in [2.05, 4.69) is 79.9 Å². The maximum atomic E-state index is 13.0. The lowest BCUT2D eigenvalue weighted by Gasteiger charge is -2.46. The first-order chi connectivity index (χ1) is 27.6. The van der Waals surface area contributed by atoms with Gasteiger partial charge < -0.3 is 65.1 Å². The number of unbranched alkanes of at least 4 members (excludes halogenated alkanes) is 5. The molecule has 0 radical (unpaired) electrons. The van der Waals surface area contributed by atoms with Gasteiger partial charge in [0.25, 0.3) is 0 Å². The van der Waals surface area contributed by atoms with Crippen molar-refractivity contribution in [2.24, 2.45) is 0 Å². The fraction of sp³-hybridized carbons (Fsp3) is 0.698. The van der Waals surface area contributed by atoms with Crippen LogP contribution in [0.4, 0.5) is 0 Å². The van der Waals surface area contributed by atoms with Gasteiger partial charge in [0, 0.05) is 6.42 Å². The van der Waals surface area contributed by atoms with Crippen LogP contribution in [-0.4, -0.2) is 140 Å². The Hall–Kier alpha value is -2.57. The highest BCUT2D eigenvalue weighted by Crippen LogP contribution is 2.29. The van der Waals surface area contributed by atoms with Gasteiger partial charge in [0.1, 0.15) is 48.8 Å². The average molecular weight is 810 g/mol. The van der Waals surface area contributed by atoms with E-state index in [1.165, 1.54) is 0 Å². The Bertz CT molecular complexity index is 1240. The van der Waals surface area contributed by atoms with E-state index in [0.29, 0.717) is 12.8 Å². The topological polar surface area (TPSA) is 228 Å². The molecule has 1 amide bonds. The minimum Gasteiger partial charge on any atom is -0.394 e. The van der Waals surface area contributed by atoms with Crippen LogP contribution < -0.4 is 5.32 Å². The number of amides is 1. The van der Waals surface area contributed by atoms with Crippen molar-refractivity contribution < 1.29 is 64.6 Å². The summed E-state index contributed by atoms with van der Waals surface area (Å²) in [6.07, 6.45) is 18.4. The van der Waals surface area contributed by atoms with Gasteiger partial charge in [-0.05, 0) is 64.2 Å². The molecule has 2 aliphatic heterocycles. The molecule has 14 nitrogen and oxygen atoms in total. The summed E-state index contributed by atoms with van der Waals surface area (Å²) in [6, 6.07) is -0.952. The fourth-order valence-corrected chi connectivity index (χ4v) is 6.16. The third-order valence-corrected chi connectivity index (χ3v) is 9.63. The second kappa shape index (κ2) is 30.5. The van der Waals surface area contributed by atoms with Crippen LogP contribution in [0.25, 0.3) is 0 Å². The molecule has 2 saturated heterocycles. The van der Waals surface area contributed by atoms with E-state index in [4.69, 9.17) is 18.9 Å². The Morgan fingerprint density at radius 2 is 1.21 bits per heavy atom. The predicted molar refractivity (Wildman–Crippen MR) is 216 cm³/mol. The number of hydrogen-bond acceptors (Lipinski definition) is 13. The molecule has 2 heterocycles. The van der Waals surface area contributed by atoms with E-state index >= 15 is 0 Å². The van der Waals surface area contributed by atoms with Crippen LogP contribution in [0, 0.1) is 0 Å². The lowest BCUT2D eigenvalue weighted by atomic mass is 9.97. The zero-order valence-electron chi connectivity index (χ0n) is 33.8. The molecule has 0 aromatic heterocycles. The SMILES string of the molecule is CC/C=C\C/C=C\C/C=C\C/C=C\CCCCC(=O)NC(COC1OC(CO)C(OC2OC(CO)C(O)C(O)C2O)C(O)C1O)C(O)/C=C/CC/C=C/CCCC. The van der Waals surface area contributed by atoms with Gasteiger partial charge in [-0.15, -0.1) is 0 Å². The lowest BCUT2D eigenvalue weighted by molar-refractivity contribution is -0.359. The minimum atomic E-state index is -1.80. The van der Waals surface area contributed by atoms with E-state index in [-0.39, 0.29) is 18.9 Å². The number of carbonyl (C=O) groups excluding carboxylic acids is 1. The van der Waals surface area contributed by atoms with Gasteiger partial charge in [0.05, 0.1) is 32.0 Å². The quantitative estimate of drug-likeness (QED) is 0.0410. The van der Waals surface area contributed by atoms with Crippen molar-refractivity contribution in [2.45, 2.75) is 171 Å². The average Bonchev–Trinajstić information content (AvgIpc) is 3.21. The number of hydrogen-bond donors (Lipinski definition) is 9. The third kappa shape index (κ3) is 19.4. The van der Waals surface area contributed by atoms with E-state index < -0.39 is 86.8 Å². The molecule has 12 atom stereocenters. The summed E-state index contributed by atoms with van der Waals surface area (Å²) in [5, 5.41) is 86.0. The fourth-order valence-electron chi connectivity index (χ4n) is 6.16. The molecule has 0 bridgehead atoms. The second-order valence-corrected chi connectivity index (χ2v) is 14.4. The van der Waals surface area contributed by atoms with Gasteiger partial charge in [-0.2, -0.15) is 0 Å². The first kappa shape index (κ1) is 50.6. The molecule has 57 heavy (non-hydrogen) atoms. The van der Waals surface area contributed by atoms with Crippen LogP contribution in [0.15, 0.2) is 72.9 Å². The van der Waals surface area contributed by atoms with E-state index in [1.54, 1.807) is 6.08 Å². The van der Waals surface area contributed by atoms with Crippen molar-refractivity contribution in [1.29, 1.82) is 0 Å². The van der Waals surface area contributed by atoms with Gasteiger partial charge >= 0.3 is 0 Å². The molecule has 0 aliphatic carbocycles. The number of allylic oxidation sites excluding steroid dienone is 11. The molecule has 326 valence electrons. The maximum Gasteiger partial charge on any atom is 0.220 e. The summed E-state index contributed by atoms with van der Waals surface area (Å²) in [6.45, 7) is 2.48. The molecule has 0 saturated carbocycles. The summed E-state index contributed by atoms with van der Waals surface area (Å²) in [5.74, 6) is -0.300. The van der Waals surface area contributed by atoms with Crippen molar-refractivity contribution in [1.82, 2.24) is 5.32 Å². The summed E-state index contributed by atoms with van der Waals surface area (Å²) < 4.78 is 22.5. The number of rotatable bonds is 28. The number of aliphatic hydroxyl groups is 8. The molecule has 9 N–H and O–H groups in total. The van der Waals surface area contributed by atoms with Gasteiger partial charge in [-0.25, -0.2) is 0 Å². The van der Waals surface area contributed by atoms with Crippen LogP contribution in [0.5, 0.6) is 0 Å². The van der Waals surface area contributed by atoms with Crippen LogP contribution in [0.3, 0.4) is 0 Å². The van der Waals surface area contributed by atoms with Crippen molar-refractivity contribution in [2.75, 3.05) is 19.8 Å². The Morgan fingerprint density at radius 1 is 0.649 bits per heavy atom. The Kier molecular flexibility index (Phi) is 27.0. The molecule has 0 aromatic carbocycles. The molecule has 2 rings (SSSR count). The molecule has 12 unspecified atom stereocenters. The molecular weight excluding hydrogens is 738 g/mol. The Balaban J connectivity index is 1.95. The molecule has 14 heteroatoms. The first-order valence-corrected chi connectivity index (χ1v) is 20.7. The Morgan fingerprint density at radius 3 is 1.86 bits per heavy atom. The number of aliphatic hydroxyl groups excluding tert-OH is 8. The number of carbonyl (C=O) groups is 1. The second-order valence-electron chi connectivity index (χ2n) is 14.4. The largest absolute Gasteiger partial charge is 0.394 e. The van der Waals surface area contributed by atoms with Gasteiger partial charge in [-0.3, -0.25) is 4.79 Å². The van der Waals surface area contributed by atoms with Gasteiger partial charge in [-0.1, -0.05) is 99.6 Å². The maximum absolute atomic E-state index is 13.0. The van der Waals surface area contributed by atoms with Crippen molar-refractivity contribution in [3.8, 4) is 0 Å². The van der Waals surface area contributed by atoms with Crippen LogP contribution in [0.2, 0.25) is 0 Å². The van der Waals surface area contributed by atoms with Crippen molar-refractivity contribution >= 4 is 5.91 Å². The van der Waals surface area contributed by atoms with Crippen LogP contribution >= 0.6 is 0 Å². The normalized spacial score (nSPS) is 29.9. The predicted octanol–water partition coefficient (Wildman–Crippen LogP) is 2.92. The van der Waals surface area contributed by atoms with E-state index in [0.717, 1.165) is 64.2 Å². The van der Waals surface area contributed by atoms with Crippen LogP contribution in [0.1, 0.15) is 97.3 Å². The van der Waals surface area contributed by atoms with Gasteiger partial charge in [0.2, 0.25) is 5.91 Å². The first-order valence-electron chi connectivity index (χ1n) is 20.7. The molecule has 2 fully saturated rings. The molecule has 0 spiro atoms. The smallest absolute Gasteiger partial charge is 0.220 e. The number of ether oxygens (including phenoxy) is 4. The third-order valence-electron chi connectivity index (χ3n) is 9.63. The molecule has 2 aliphatic rings. The van der Waals surface area contributed by atoms with Crippen LogP contribution in [-0.2, 0) is 23.7 Å². The number of nitrogens with one attached hydrogen (secondary N) is 1. The highest BCUT2D eigenvalue weighted by Gasteiger charge is 2.50. The van der Waals surface area contributed by atoms with Gasteiger partial charge in [0.15, 0.2) is 12.6 Å². The zero-order chi connectivity index (χ0) is 41.8. The molecule has 0 aromatic rings.